The first kappa shape index (κ1) is 9.33. The molecule has 0 radical (unpaired) electrons. The summed E-state index contributed by atoms with van der Waals surface area (Å²) in [6.07, 6.45) is -2.70. The maximum atomic E-state index is 13.1. The number of benzene rings is 1. The molecule has 0 saturated heterocycles. The van der Waals surface area contributed by atoms with Crippen LogP contribution in [0.25, 0.3) is 11.0 Å². The predicted octanol–water partition coefficient (Wildman–Crippen LogP) is 3.29. The van der Waals surface area contributed by atoms with E-state index in [4.69, 9.17) is 11.6 Å². The molecular formula is C8H4ClF3N2. The normalized spacial score (nSPS) is 11.5. The molecule has 1 aromatic heterocycles. The lowest BCUT2D eigenvalue weighted by Gasteiger charge is -1.99. The van der Waals surface area contributed by atoms with Crippen molar-refractivity contribution in [3.63, 3.8) is 0 Å². The molecule has 0 atom stereocenters. The largest absolute Gasteiger partial charge is 0.326 e. The molecule has 0 aliphatic rings. The van der Waals surface area contributed by atoms with Gasteiger partial charge < -0.3 is 4.98 Å². The summed E-state index contributed by atoms with van der Waals surface area (Å²) in [4.78, 5) is 5.95. The van der Waals surface area contributed by atoms with Crippen molar-refractivity contribution in [1.82, 2.24) is 9.97 Å². The molecule has 0 amide bonds. The number of aromatic nitrogens is 2. The van der Waals surface area contributed by atoms with E-state index >= 15 is 0 Å². The molecule has 2 nitrogen and oxygen atoms in total. The summed E-state index contributed by atoms with van der Waals surface area (Å²) in [5.74, 6) is -0.649. The summed E-state index contributed by atoms with van der Waals surface area (Å²) in [5.41, 5.74) is -0.539. The second-order valence-corrected chi connectivity index (χ2v) is 3.05. The van der Waals surface area contributed by atoms with Crippen LogP contribution in [0.1, 0.15) is 12.0 Å². The minimum absolute atomic E-state index is 0.0900. The van der Waals surface area contributed by atoms with Gasteiger partial charge in [-0.05, 0) is 23.7 Å². The van der Waals surface area contributed by atoms with Gasteiger partial charge in [0.15, 0.2) is 0 Å². The Labute approximate surface area is 81.7 Å². The summed E-state index contributed by atoms with van der Waals surface area (Å²) in [6, 6.07) is 1.96. The number of alkyl halides is 2. The van der Waals surface area contributed by atoms with Crippen molar-refractivity contribution in [2.75, 3.05) is 0 Å². The van der Waals surface area contributed by atoms with Gasteiger partial charge in [-0.25, -0.2) is 18.2 Å². The smallest absolute Gasteiger partial charge is 0.266 e. The lowest BCUT2D eigenvalue weighted by atomic mass is 10.2. The summed E-state index contributed by atoms with van der Waals surface area (Å²) < 4.78 is 37.9. The predicted molar refractivity (Wildman–Crippen MR) is 46.0 cm³/mol. The summed E-state index contributed by atoms with van der Waals surface area (Å²) in [6.45, 7) is 0. The summed E-state index contributed by atoms with van der Waals surface area (Å²) in [5, 5.41) is -0.105. The maximum Gasteiger partial charge on any atom is 0.266 e. The van der Waals surface area contributed by atoms with Crippen LogP contribution in [0.5, 0.6) is 0 Å². The van der Waals surface area contributed by atoms with Gasteiger partial charge in [-0.1, -0.05) is 0 Å². The Bertz CT molecular complexity index is 481. The van der Waals surface area contributed by atoms with E-state index < -0.39 is 12.2 Å². The van der Waals surface area contributed by atoms with Gasteiger partial charge >= 0.3 is 0 Å². The van der Waals surface area contributed by atoms with Crippen LogP contribution < -0.4 is 0 Å². The fourth-order valence-electron chi connectivity index (χ4n) is 1.23. The highest BCUT2D eigenvalue weighted by Crippen LogP contribution is 2.28. The number of imidazole rings is 1. The molecular weight excluding hydrogens is 217 g/mol. The topological polar surface area (TPSA) is 28.7 Å². The van der Waals surface area contributed by atoms with Gasteiger partial charge in [-0.3, -0.25) is 0 Å². The number of fused-ring (bicyclic) bond motifs is 1. The van der Waals surface area contributed by atoms with Crippen LogP contribution in [0.3, 0.4) is 0 Å². The van der Waals surface area contributed by atoms with E-state index in [0.29, 0.717) is 0 Å². The Morgan fingerprint density at radius 2 is 2.07 bits per heavy atom. The zero-order chi connectivity index (χ0) is 10.3. The number of aromatic amines is 1. The molecule has 0 bridgehead atoms. The molecule has 1 heterocycles. The maximum absolute atomic E-state index is 13.1. The van der Waals surface area contributed by atoms with Crippen LogP contribution in [0, 0.1) is 5.82 Å². The Balaban J connectivity index is 2.81. The lowest BCUT2D eigenvalue weighted by Crippen LogP contribution is -1.88. The first-order chi connectivity index (χ1) is 6.59. The van der Waals surface area contributed by atoms with Crippen molar-refractivity contribution >= 4 is 22.6 Å². The minimum Gasteiger partial charge on any atom is -0.326 e. The Morgan fingerprint density at radius 3 is 2.71 bits per heavy atom. The van der Waals surface area contributed by atoms with Crippen LogP contribution in [0.15, 0.2) is 12.1 Å². The standard InChI is InChI=1S/C8H4ClF3N2/c9-8-13-5-3(7(11)12)1-2-4(10)6(5)14-8/h1-2,7H,(H,13,14). The van der Waals surface area contributed by atoms with E-state index in [0.717, 1.165) is 12.1 Å². The van der Waals surface area contributed by atoms with Crippen molar-refractivity contribution in [2.45, 2.75) is 6.43 Å². The third kappa shape index (κ3) is 1.33. The van der Waals surface area contributed by atoms with Crippen molar-refractivity contribution in [1.29, 1.82) is 0 Å². The van der Waals surface area contributed by atoms with Crippen molar-refractivity contribution in [3.05, 3.63) is 28.8 Å². The van der Waals surface area contributed by atoms with Crippen LogP contribution >= 0.6 is 11.6 Å². The molecule has 0 spiro atoms. The van der Waals surface area contributed by atoms with E-state index in [2.05, 4.69) is 9.97 Å². The highest BCUT2D eigenvalue weighted by atomic mass is 35.5. The van der Waals surface area contributed by atoms with Gasteiger partial charge in [0.2, 0.25) is 5.28 Å². The molecule has 0 saturated carbocycles. The molecule has 1 N–H and O–H groups in total. The Kier molecular flexibility index (Phi) is 2.11. The van der Waals surface area contributed by atoms with E-state index in [9.17, 15) is 13.2 Å². The number of nitrogens with one attached hydrogen (secondary N) is 1. The molecule has 0 aliphatic heterocycles. The lowest BCUT2D eigenvalue weighted by molar-refractivity contribution is 0.153. The van der Waals surface area contributed by atoms with Gasteiger partial charge in [0.1, 0.15) is 16.9 Å². The van der Waals surface area contributed by atoms with Crippen molar-refractivity contribution < 1.29 is 13.2 Å². The monoisotopic (exact) mass is 220 g/mol. The van der Waals surface area contributed by atoms with E-state index in [-0.39, 0.29) is 21.9 Å². The number of halogens is 4. The first-order valence-corrected chi connectivity index (χ1v) is 4.09. The van der Waals surface area contributed by atoms with Gasteiger partial charge in [-0.15, -0.1) is 0 Å². The van der Waals surface area contributed by atoms with Crippen LogP contribution in [0.2, 0.25) is 5.28 Å². The SMILES string of the molecule is Fc1ccc(C(F)F)c2nc(Cl)[nH]c12. The number of H-pyrrole nitrogens is 1. The van der Waals surface area contributed by atoms with Gasteiger partial charge in [0, 0.05) is 5.56 Å². The molecule has 2 rings (SSSR count). The molecule has 0 aliphatic carbocycles. The second-order valence-electron chi connectivity index (χ2n) is 2.69. The zero-order valence-corrected chi connectivity index (χ0v) is 7.45. The highest BCUT2D eigenvalue weighted by Gasteiger charge is 2.16. The fraction of sp³-hybridized carbons (Fsp3) is 0.125. The third-order valence-electron chi connectivity index (χ3n) is 1.83. The van der Waals surface area contributed by atoms with Crippen LogP contribution in [-0.2, 0) is 0 Å². The third-order valence-corrected chi connectivity index (χ3v) is 2.01. The average molecular weight is 221 g/mol. The quantitative estimate of drug-likeness (QED) is 0.785. The van der Waals surface area contributed by atoms with Gasteiger partial charge in [0.25, 0.3) is 6.43 Å². The fourth-order valence-corrected chi connectivity index (χ4v) is 1.41. The highest BCUT2D eigenvalue weighted by molar-refractivity contribution is 6.29. The van der Waals surface area contributed by atoms with Crippen molar-refractivity contribution in [2.24, 2.45) is 0 Å². The average Bonchev–Trinajstić information content (AvgIpc) is 2.47. The molecule has 1 aromatic carbocycles. The summed E-state index contributed by atoms with van der Waals surface area (Å²) in [7, 11) is 0. The minimum atomic E-state index is -2.70. The summed E-state index contributed by atoms with van der Waals surface area (Å²) >= 11 is 5.45. The Morgan fingerprint density at radius 1 is 1.36 bits per heavy atom. The molecule has 2 aromatic rings. The second kappa shape index (κ2) is 3.16. The molecule has 0 fully saturated rings. The first-order valence-electron chi connectivity index (χ1n) is 3.71. The molecule has 0 unspecified atom stereocenters. The van der Waals surface area contributed by atoms with Gasteiger partial charge in [-0.2, -0.15) is 0 Å². The van der Waals surface area contributed by atoms with E-state index in [1.54, 1.807) is 0 Å². The molecule has 74 valence electrons. The number of rotatable bonds is 1. The number of hydrogen-bond acceptors (Lipinski definition) is 1. The van der Waals surface area contributed by atoms with Gasteiger partial charge in [0.05, 0.1) is 0 Å². The van der Waals surface area contributed by atoms with E-state index in [1.807, 2.05) is 0 Å². The molecule has 14 heavy (non-hydrogen) atoms. The van der Waals surface area contributed by atoms with Crippen molar-refractivity contribution in [3.8, 4) is 0 Å². The zero-order valence-electron chi connectivity index (χ0n) is 6.69. The number of hydrogen-bond donors (Lipinski definition) is 1. The molecule has 6 heteroatoms. The van der Waals surface area contributed by atoms with Crippen LogP contribution in [-0.4, -0.2) is 9.97 Å². The van der Waals surface area contributed by atoms with Crippen LogP contribution in [0.4, 0.5) is 13.2 Å². The van der Waals surface area contributed by atoms with E-state index in [1.165, 1.54) is 0 Å². The Hall–Kier alpha value is -1.23. The number of nitrogens with zero attached hydrogens (tertiary/aromatic N) is 1.